The van der Waals surface area contributed by atoms with Crippen LogP contribution in [0.5, 0.6) is 0 Å². The van der Waals surface area contributed by atoms with Crippen molar-refractivity contribution in [2.24, 2.45) is 11.8 Å². The van der Waals surface area contributed by atoms with Gasteiger partial charge in [-0.3, -0.25) is 4.90 Å². The first-order valence-corrected chi connectivity index (χ1v) is 7.47. The maximum Gasteiger partial charge on any atom is 0.0797 e. The van der Waals surface area contributed by atoms with Crippen LogP contribution < -0.4 is 5.32 Å². The van der Waals surface area contributed by atoms with Crippen LogP contribution in [-0.4, -0.2) is 42.1 Å². The van der Waals surface area contributed by atoms with Crippen molar-refractivity contribution < 1.29 is 0 Å². The second kappa shape index (κ2) is 4.67. The van der Waals surface area contributed by atoms with Crippen molar-refractivity contribution in [2.75, 3.05) is 26.2 Å². The molecule has 2 aliphatic rings. The van der Waals surface area contributed by atoms with E-state index >= 15 is 0 Å². The fourth-order valence-electron chi connectivity index (χ4n) is 3.36. The molecule has 3 unspecified atom stereocenters. The predicted octanol–water partition coefficient (Wildman–Crippen LogP) is 1.53. The van der Waals surface area contributed by atoms with Crippen molar-refractivity contribution in [3.63, 3.8) is 0 Å². The monoisotopic (exact) mass is 251 g/mol. The summed E-state index contributed by atoms with van der Waals surface area (Å²) in [5, 5.41) is 3.52. The lowest BCUT2D eigenvalue weighted by atomic mass is 9.95. The van der Waals surface area contributed by atoms with Gasteiger partial charge >= 0.3 is 0 Å². The molecule has 2 aliphatic heterocycles. The van der Waals surface area contributed by atoms with E-state index in [4.69, 9.17) is 0 Å². The van der Waals surface area contributed by atoms with Gasteiger partial charge in [-0.2, -0.15) is 0 Å². The average molecular weight is 251 g/mol. The molecule has 3 rings (SSSR count). The van der Waals surface area contributed by atoms with Gasteiger partial charge in [-0.1, -0.05) is 0 Å². The number of hydrogen-bond donors (Lipinski definition) is 1. The van der Waals surface area contributed by atoms with Crippen molar-refractivity contribution in [1.82, 2.24) is 15.2 Å². The summed E-state index contributed by atoms with van der Waals surface area (Å²) in [6.07, 6.45) is 1.17. The number of thiazole rings is 1. The smallest absolute Gasteiger partial charge is 0.0797 e. The van der Waals surface area contributed by atoms with E-state index in [1.165, 1.54) is 43.2 Å². The lowest BCUT2D eigenvalue weighted by Crippen LogP contribution is -2.34. The van der Waals surface area contributed by atoms with Crippen molar-refractivity contribution >= 4 is 11.3 Å². The van der Waals surface area contributed by atoms with Gasteiger partial charge < -0.3 is 5.32 Å². The van der Waals surface area contributed by atoms with Crippen LogP contribution in [0.1, 0.15) is 17.5 Å². The lowest BCUT2D eigenvalue weighted by Gasteiger charge is -2.23. The zero-order valence-electron chi connectivity index (χ0n) is 10.6. The number of aryl methyl sites for hydroxylation is 1. The normalized spacial score (nSPS) is 33.2. The third-order valence-electron chi connectivity index (χ3n) is 4.53. The molecule has 1 N–H and O–H groups in total. The molecule has 0 amide bonds. The number of rotatable bonds is 3. The number of aromatic nitrogens is 1. The number of fused-ring (bicyclic) bond motifs is 1. The van der Waals surface area contributed by atoms with Crippen LogP contribution in [0.4, 0.5) is 0 Å². The van der Waals surface area contributed by atoms with Crippen molar-refractivity contribution in [1.29, 1.82) is 0 Å². The van der Waals surface area contributed by atoms with Crippen LogP contribution in [0.15, 0.2) is 5.51 Å². The second-order valence-electron chi connectivity index (χ2n) is 5.43. The fraction of sp³-hybridized carbons (Fsp3) is 0.769. The molecular formula is C13H21N3S. The second-order valence-corrected chi connectivity index (χ2v) is 6.37. The first kappa shape index (κ1) is 11.6. The highest BCUT2D eigenvalue weighted by Gasteiger charge is 2.41. The summed E-state index contributed by atoms with van der Waals surface area (Å²) in [6, 6.07) is 0.753. The molecular weight excluding hydrogens is 230 g/mol. The van der Waals surface area contributed by atoms with Gasteiger partial charge in [-0.15, -0.1) is 11.3 Å². The van der Waals surface area contributed by atoms with E-state index in [0.29, 0.717) is 0 Å². The van der Waals surface area contributed by atoms with Crippen molar-refractivity contribution in [3.8, 4) is 0 Å². The Bertz CT molecular complexity index is 390. The Morgan fingerprint density at radius 3 is 3.12 bits per heavy atom. The zero-order chi connectivity index (χ0) is 11.8. The minimum absolute atomic E-state index is 0.753. The third kappa shape index (κ3) is 2.14. The highest BCUT2D eigenvalue weighted by molar-refractivity contribution is 7.09. The lowest BCUT2D eigenvalue weighted by molar-refractivity contribution is 0.243. The fourth-order valence-corrected chi connectivity index (χ4v) is 4.13. The minimum atomic E-state index is 0.753. The van der Waals surface area contributed by atoms with E-state index in [0.717, 1.165) is 17.9 Å². The molecule has 1 aromatic heterocycles. The molecule has 94 valence electrons. The van der Waals surface area contributed by atoms with Gasteiger partial charge in [0.1, 0.15) is 0 Å². The minimum Gasteiger partial charge on any atom is -0.316 e. The van der Waals surface area contributed by atoms with Crippen molar-refractivity contribution in [2.45, 2.75) is 26.3 Å². The predicted molar refractivity (Wildman–Crippen MR) is 71.4 cm³/mol. The Labute approximate surface area is 107 Å². The van der Waals surface area contributed by atoms with Crippen LogP contribution in [0.2, 0.25) is 0 Å². The third-order valence-corrected chi connectivity index (χ3v) is 5.52. The molecule has 0 aliphatic carbocycles. The molecule has 0 saturated carbocycles. The number of likely N-dealkylation sites (tertiary alicyclic amines) is 1. The Morgan fingerprint density at radius 1 is 1.53 bits per heavy atom. The molecule has 3 atom stereocenters. The molecule has 0 bridgehead atoms. The Morgan fingerprint density at radius 2 is 2.41 bits per heavy atom. The molecule has 0 spiro atoms. The number of hydrogen-bond acceptors (Lipinski definition) is 4. The number of nitrogens with one attached hydrogen (secondary N) is 1. The van der Waals surface area contributed by atoms with Gasteiger partial charge in [0.2, 0.25) is 0 Å². The SMILES string of the molecule is Cc1ncsc1CCN1CC2CNCC2C1C. The standard InChI is InChI=1S/C13H21N3S/c1-9-13(17-8-15-9)3-4-16-7-11-5-14-6-12(11)10(16)2/h8,10-12,14H,3-7H2,1-2H3. The van der Waals surface area contributed by atoms with Gasteiger partial charge in [0.25, 0.3) is 0 Å². The summed E-state index contributed by atoms with van der Waals surface area (Å²) in [4.78, 5) is 8.47. The van der Waals surface area contributed by atoms with Crippen molar-refractivity contribution in [3.05, 3.63) is 16.1 Å². The maximum atomic E-state index is 4.33. The molecule has 3 nitrogen and oxygen atoms in total. The quantitative estimate of drug-likeness (QED) is 0.883. The average Bonchev–Trinajstić information content (AvgIpc) is 2.97. The van der Waals surface area contributed by atoms with E-state index in [2.05, 4.69) is 29.0 Å². The molecule has 0 radical (unpaired) electrons. The van der Waals surface area contributed by atoms with Crippen LogP contribution in [0, 0.1) is 18.8 Å². The van der Waals surface area contributed by atoms with E-state index in [-0.39, 0.29) is 0 Å². The van der Waals surface area contributed by atoms with Crippen LogP contribution in [-0.2, 0) is 6.42 Å². The summed E-state index contributed by atoms with van der Waals surface area (Å²) in [6.45, 7) is 9.47. The maximum absolute atomic E-state index is 4.33. The van der Waals surface area contributed by atoms with E-state index < -0.39 is 0 Å². The van der Waals surface area contributed by atoms with E-state index in [1.807, 2.05) is 5.51 Å². The summed E-state index contributed by atoms with van der Waals surface area (Å²) >= 11 is 1.81. The highest BCUT2D eigenvalue weighted by Crippen LogP contribution is 2.32. The van der Waals surface area contributed by atoms with E-state index in [9.17, 15) is 0 Å². The molecule has 2 fully saturated rings. The summed E-state index contributed by atoms with van der Waals surface area (Å²) in [5.74, 6) is 1.78. The topological polar surface area (TPSA) is 28.2 Å². The Kier molecular flexibility index (Phi) is 3.19. The van der Waals surface area contributed by atoms with Crippen LogP contribution in [0.3, 0.4) is 0 Å². The van der Waals surface area contributed by atoms with Gasteiger partial charge in [-0.05, 0) is 45.2 Å². The molecule has 17 heavy (non-hydrogen) atoms. The summed E-state index contributed by atoms with van der Waals surface area (Å²) < 4.78 is 0. The van der Waals surface area contributed by atoms with Crippen LogP contribution >= 0.6 is 11.3 Å². The highest BCUT2D eigenvalue weighted by atomic mass is 32.1. The van der Waals surface area contributed by atoms with Gasteiger partial charge in [0.05, 0.1) is 11.2 Å². The summed E-state index contributed by atoms with van der Waals surface area (Å²) in [5.41, 5.74) is 3.19. The van der Waals surface area contributed by atoms with Gasteiger partial charge in [-0.25, -0.2) is 4.98 Å². The number of nitrogens with zero attached hydrogens (tertiary/aromatic N) is 2. The molecule has 3 heterocycles. The van der Waals surface area contributed by atoms with Gasteiger partial charge in [0, 0.05) is 24.0 Å². The molecule has 2 saturated heterocycles. The van der Waals surface area contributed by atoms with E-state index in [1.54, 1.807) is 11.3 Å². The summed E-state index contributed by atoms with van der Waals surface area (Å²) in [7, 11) is 0. The molecule has 1 aromatic rings. The van der Waals surface area contributed by atoms with Crippen LogP contribution in [0.25, 0.3) is 0 Å². The zero-order valence-corrected chi connectivity index (χ0v) is 11.5. The van der Waals surface area contributed by atoms with Gasteiger partial charge in [0.15, 0.2) is 0 Å². The molecule has 4 heteroatoms. The molecule has 0 aromatic carbocycles. The largest absolute Gasteiger partial charge is 0.316 e. The Balaban J connectivity index is 1.58. The first-order valence-electron chi connectivity index (χ1n) is 6.59. The first-order chi connectivity index (χ1) is 8.25. The Hall–Kier alpha value is -0.450.